The van der Waals surface area contributed by atoms with E-state index in [1.807, 2.05) is 20.9 Å². The maximum Gasteiger partial charge on any atom is 0.245 e. The summed E-state index contributed by atoms with van der Waals surface area (Å²) in [6.07, 6.45) is 2.46. The molecule has 1 aliphatic heterocycles. The third-order valence-corrected chi connectivity index (χ3v) is 3.54. The molecule has 110 valence electrons. The van der Waals surface area contributed by atoms with E-state index in [9.17, 15) is 9.59 Å². The van der Waals surface area contributed by atoms with Crippen LogP contribution < -0.4 is 5.32 Å². The Balaban J connectivity index is 2.07. The van der Waals surface area contributed by atoms with Crippen molar-refractivity contribution in [2.45, 2.75) is 46.3 Å². The lowest BCUT2D eigenvalue weighted by molar-refractivity contribution is -0.137. The van der Waals surface area contributed by atoms with E-state index in [2.05, 4.69) is 10.4 Å². The first-order chi connectivity index (χ1) is 9.38. The molecule has 1 N–H and O–H groups in total. The first-order valence-corrected chi connectivity index (χ1v) is 6.94. The molecule has 0 saturated heterocycles. The topological polar surface area (TPSA) is 67.2 Å². The summed E-state index contributed by atoms with van der Waals surface area (Å²) in [4.78, 5) is 25.6. The third-order valence-electron chi connectivity index (χ3n) is 3.54. The molecular formula is C14H22N4O2. The third kappa shape index (κ3) is 3.00. The molecule has 0 aromatic carbocycles. The predicted octanol–water partition coefficient (Wildman–Crippen LogP) is 0.813. The van der Waals surface area contributed by atoms with Gasteiger partial charge >= 0.3 is 0 Å². The lowest BCUT2D eigenvalue weighted by atomic mass is 10.0. The number of rotatable bonds is 4. The van der Waals surface area contributed by atoms with Gasteiger partial charge in [-0.2, -0.15) is 5.10 Å². The largest absolute Gasteiger partial charge is 0.345 e. The van der Waals surface area contributed by atoms with Crippen molar-refractivity contribution in [3.63, 3.8) is 0 Å². The van der Waals surface area contributed by atoms with Crippen LogP contribution in [-0.4, -0.2) is 32.5 Å². The van der Waals surface area contributed by atoms with Gasteiger partial charge in [0.15, 0.2) is 0 Å². The highest BCUT2D eigenvalue weighted by atomic mass is 16.2. The van der Waals surface area contributed by atoms with Crippen LogP contribution in [0.15, 0.2) is 6.20 Å². The van der Waals surface area contributed by atoms with E-state index in [4.69, 9.17) is 0 Å². The van der Waals surface area contributed by atoms with E-state index in [1.165, 1.54) is 6.92 Å². The van der Waals surface area contributed by atoms with Crippen LogP contribution in [0.4, 0.5) is 0 Å². The van der Waals surface area contributed by atoms with Crippen molar-refractivity contribution in [1.29, 1.82) is 0 Å². The molecule has 1 atom stereocenters. The highest BCUT2D eigenvalue weighted by molar-refractivity contribution is 5.87. The van der Waals surface area contributed by atoms with Crippen molar-refractivity contribution in [3.05, 3.63) is 17.5 Å². The van der Waals surface area contributed by atoms with Gasteiger partial charge in [0.2, 0.25) is 11.8 Å². The van der Waals surface area contributed by atoms with Crippen LogP contribution >= 0.6 is 0 Å². The molecular weight excluding hydrogens is 256 g/mol. The number of fused-ring (bicyclic) bond motifs is 1. The van der Waals surface area contributed by atoms with Gasteiger partial charge in [-0.1, -0.05) is 13.8 Å². The van der Waals surface area contributed by atoms with Gasteiger partial charge in [0.1, 0.15) is 6.04 Å². The van der Waals surface area contributed by atoms with Crippen LogP contribution in [0.3, 0.4) is 0 Å². The molecule has 2 rings (SSSR count). The number of aryl methyl sites for hydroxylation is 1. The average Bonchev–Trinajstić information content (AvgIpc) is 2.89. The number of nitrogens with one attached hydrogen (secondary N) is 1. The van der Waals surface area contributed by atoms with Gasteiger partial charge in [-0.15, -0.1) is 0 Å². The van der Waals surface area contributed by atoms with E-state index in [1.54, 1.807) is 15.8 Å². The van der Waals surface area contributed by atoms with Gasteiger partial charge in [0.05, 0.1) is 18.4 Å². The molecule has 1 aliphatic rings. The predicted molar refractivity (Wildman–Crippen MR) is 74.5 cm³/mol. The van der Waals surface area contributed by atoms with Crippen molar-refractivity contribution in [2.75, 3.05) is 0 Å². The maximum absolute atomic E-state index is 12.6. The number of carbonyl (C=O) groups excluding carboxylic acids is 2. The summed E-state index contributed by atoms with van der Waals surface area (Å²) in [7, 11) is 1.88. The Labute approximate surface area is 119 Å². The van der Waals surface area contributed by atoms with Crippen LogP contribution in [0.1, 0.15) is 38.4 Å². The summed E-state index contributed by atoms with van der Waals surface area (Å²) in [5, 5.41) is 6.95. The lowest BCUT2D eigenvalue weighted by Crippen LogP contribution is -2.47. The second-order valence-electron chi connectivity index (χ2n) is 5.82. The molecule has 0 fully saturated rings. The van der Waals surface area contributed by atoms with Crippen LogP contribution in [-0.2, 0) is 29.7 Å². The average molecular weight is 278 g/mol. The van der Waals surface area contributed by atoms with Gasteiger partial charge in [0, 0.05) is 26.1 Å². The minimum Gasteiger partial charge on any atom is -0.345 e. The van der Waals surface area contributed by atoms with Crippen molar-refractivity contribution < 1.29 is 9.59 Å². The van der Waals surface area contributed by atoms with Crippen LogP contribution in [0.2, 0.25) is 0 Å². The fraction of sp³-hybridized carbons (Fsp3) is 0.643. The summed E-state index contributed by atoms with van der Waals surface area (Å²) < 4.78 is 1.80. The first-order valence-electron chi connectivity index (χ1n) is 6.94. The molecule has 20 heavy (non-hydrogen) atoms. The fourth-order valence-corrected chi connectivity index (χ4v) is 2.60. The van der Waals surface area contributed by atoms with E-state index in [-0.39, 0.29) is 11.8 Å². The number of hydrogen-bond acceptors (Lipinski definition) is 3. The Morgan fingerprint density at radius 1 is 1.40 bits per heavy atom. The summed E-state index contributed by atoms with van der Waals surface area (Å²) >= 11 is 0. The van der Waals surface area contributed by atoms with Crippen LogP contribution in [0.5, 0.6) is 0 Å². The monoisotopic (exact) mass is 278 g/mol. The Hall–Kier alpha value is -1.85. The zero-order valence-corrected chi connectivity index (χ0v) is 12.5. The van der Waals surface area contributed by atoms with Crippen molar-refractivity contribution in [2.24, 2.45) is 13.0 Å². The SMILES string of the molecule is CC(=O)N[C@@H](CC(C)C)C(=O)N1Cc2cnn(C)c2C1. The molecule has 1 aromatic heterocycles. The number of hydrogen-bond donors (Lipinski definition) is 1. The van der Waals surface area contributed by atoms with E-state index >= 15 is 0 Å². The molecule has 0 aliphatic carbocycles. The molecule has 0 radical (unpaired) electrons. The first kappa shape index (κ1) is 14.6. The molecule has 0 unspecified atom stereocenters. The van der Waals surface area contributed by atoms with Gasteiger partial charge < -0.3 is 10.2 Å². The molecule has 2 amide bonds. The highest BCUT2D eigenvalue weighted by Crippen LogP contribution is 2.23. The highest BCUT2D eigenvalue weighted by Gasteiger charge is 2.31. The molecule has 1 aromatic rings. The number of aromatic nitrogens is 2. The zero-order chi connectivity index (χ0) is 14.9. The quantitative estimate of drug-likeness (QED) is 0.886. The zero-order valence-electron chi connectivity index (χ0n) is 12.5. The minimum absolute atomic E-state index is 0.00917. The van der Waals surface area contributed by atoms with Gasteiger partial charge in [-0.05, 0) is 12.3 Å². The molecule has 0 bridgehead atoms. The van der Waals surface area contributed by atoms with E-state index in [0.29, 0.717) is 25.4 Å². The normalized spacial score (nSPS) is 15.3. The smallest absolute Gasteiger partial charge is 0.245 e. The van der Waals surface area contributed by atoms with Crippen LogP contribution in [0.25, 0.3) is 0 Å². The molecule has 6 nitrogen and oxygen atoms in total. The summed E-state index contributed by atoms with van der Waals surface area (Å²) in [5.74, 6) is 0.176. The Bertz CT molecular complexity index is 521. The van der Waals surface area contributed by atoms with E-state index in [0.717, 1.165) is 11.3 Å². The fourth-order valence-electron chi connectivity index (χ4n) is 2.60. The minimum atomic E-state index is -0.435. The molecule has 0 saturated carbocycles. The Morgan fingerprint density at radius 2 is 2.10 bits per heavy atom. The van der Waals surface area contributed by atoms with Gasteiger partial charge in [-0.3, -0.25) is 14.3 Å². The summed E-state index contributed by atoms with van der Waals surface area (Å²) in [5.41, 5.74) is 2.16. The lowest BCUT2D eigenvalue weighted by Gasteiger charge is -2.25. The molecule has 2 heterocycles. The van der Waals surface area contributed by atoms with E-state index < -0.39 is 6.04 Å². The Morgan fingerprint density at radius 3 is 2.65 bits per heavy atom. The second-order valence-corrected chi connectivity index (χ2v) is 5.82. The number of amides is 2. The summed E-state index contributed by atoms with van der Waals surface area (Å²) in [6, 6.07) is -0.435. The van der Waals surface area contributed by atoms with Crippen molar-refractivity contribution in [3.8, 4) is 0 Å². The van der Waals surface area contributed by atoms with Crippen molar-refractivity contribution in [1.82, 2.24) is 20.0 Å². The van der Waals surface area contributed by atoms with Crippen LogP contribution in [0, 0.1) is 5.92 Å². The number of nitrogens with zero attached hydrogens (tertiary/aromatic N) is 3. The van der Waals surface area contributed by atoms with Gasteiger partial charge in [0.25, 0.3) is 0 Å². The standard InChI is InChI=1S/C14H22N4O2/c1-9(2)5-12(16-10(3)19)14(20)18-7-11-6-15-17(4)13(11)8-18/h6,9,12H,5,7-8H2,1-4H3,(H,16,19)/t12-/m0/s1. The summed E-state index contributed by atoms with van der Waals surface area (Å²) in [6.45, 7) is 6.69. The molecule has 0 spiro atoms. The van der Waals surface area contributed by atoms with Gasteiger partial charge in [-0.25, -0.2) is 0 Å². The second kappa shape index (κ2) is 5.64. The van der Waals surface area contributed by atoms with Crippen molar-refractivity contribution >= 4 is 11.8 Å². The maximum atomic E-state index is 12.6. The Kier molecular flexibility index (Phi) is 4.11. The molecule has 6 heteroatoms. The number of carbonyl (C=O) groups is 2.